The van der Waals surface area contributed by atoms with Crippen molar-refractivity contribution in [3.8, 4) is 0 Å². The highest BCUT2D eigenvalue weighted by molar-refractivity contribution is 8.00. The number of carbonyl (C=O) groups is 1. The molecule has 0 fully saturated rings. The van der Waals surface area contributed by atoms with Crippen molar-refractivity contribution in [2.45, 2.75) is 30.8 Å². The molecule has 2 aromatic rings. The third-order valence-electron chi connectivity index (χ3n) is 4.51. The number of aromatic nitrogens is 2. The maximum atomic E-state index is 12.5. The minimum atomic E-state index is -0.241. The normalized spacial score (nSPS) is 13.0. The number of benzene rings is 1. The van der Waals surface area contributed by atoms with E-state index < -0.39 is 0 Å². The van der Waals surface area contributed by atoms with E-state index in [4.69, 9.17) is 23.2 Å². The first-order valence-electron chi connectivity index (χ1n) is 9.00. The zero-order chi connectivity index (χ0) is 20.3. The van der Waals surface area contributed by atoms with Crippen LogP contribution in [0.3, 0.4) is 0 Å². The van der Waals surface area contributed by atoms with Gasteiger partial charge in [0.2, 0.25) is 5.91 Å². The van der Waals surface area contributed by atoms with E-state index in [-0.39, 0.29) is 17.3 Å². The molecule has 1 aliphatic rings. The minimum Gasteiger partial charge on any atom is -0.325 e. The van der Waals surface area contributed by atoms with Gasteiger partial charge >= 0.3 is 5.69 Å². The molecule has 150 valence electrons. The molecule has 28 heavy (non-hydrogen) atoms. The molecule has 3 rings (SSSR count). The van der Waals surface area contributed by atoms with E-state index >= 15 is 0 Å². The Kier molecular flexibility index (Phi) is 7.04. The van der Waals surface area contributed by atoms with Crippen molar-refractivity contribution in [2.24, 2.45) is 0 Å². The lowest BCUT2D eigenvalue weighted by molar-refractivity contribution is -0.113. The molecular weight excluding hydrogens is 419 g/mol. The molecule has 1 aliphatic carbocycles. The van der Waals surface area contributed by atoms with Crippen molar-refractivity contribution >= 4 is 46.6 Å². The van der Waals surface area contributed by atoms with Crippen LogP contribution in [0.4, 0.5) is 5.69 Å². The van der Waals surface area contributed by atoms with E-state index in [2.05, 4.69) is 10.3 Å². The van der Waals surface area contributed by atoms with Gasteiger partial charge in [0, 0.05) is 30.0 Å². The third kappa shape index (κ3) is 5.08. The van der Waals surface area contributed by atoms with Gasteiger partial charge in [-0.25, -0.2) is 4.79 Å². The molecule has 0 bridgehead atoms. The van der Waals surface area contributed by atoms with Crippen LogP contribution in [0, 0.1) is 0 Å². The second kappa shape index (κ2) is 9.31. The van der Waals surface area contributed by atoms with Crippen LogP contribution in [0.15, 0.2) is 28.0 Å². The Morgan fingerprint density at radius 3 is 2.79 bits per heavy atom. The Bertz CT molecular complexity index is 946. The summed E-state index contributed by atoms with van der Waals surface area (Å²) in [5.41, 5.74) is 2.51. The molecule has 1 aromatic heterocycles. The number of fused-ring (bicyclic) bond motifs is 1. The second-order valence-corrected chi connectivity index (χ2v) is 8.68. The molecule has 1 N–H and O–H groups in total. The Hall–Kier alpha value is -1.54. The number of carbonyl (C=O) groups excluding carboxylic acids is 1. The molecule has 0 aliphatic heterocycles. The molecule has 1 aromatic carbocycles. The summed E-state index contributed by atoms with van der Waals surface area (Å²) in [6.07, 6.45) is 2.77. The summed E-state index contributed by atoms with van der Waals surface area (Å²) < 4.78 is 1.78. The number of likely N-dealkylation sites (N-methyl/N-ethyl adjacent to an activating group) is 1. The summed E-state index contributed by atoms with van der Waals surface area (Å²) in [5.74, 6) is -0.0189. The van der Waals surface area contributed by atoms with Crippen LogP contribution in [0.2, 0.25) is 10.0 Å². The summed E-state index contributed by atoms with van der Waals surface area (Å²) in [6.45, 7) is 1.41. The van der Waals surface area contributed by atoms with Gasteiger partial charge in [-0.1, -0.05) is 35.0 Å². The largest absolute Gasteiger partial charge is 0.348 e. The van der Waals surface area contributed by atoms with Gasteiger partial charge in [-0.2, -0.15) is 4.98 Å². The lowest BCUT2D eigenvalue weighted by Crippen LogP contribution is -2.31. The fourth-order valence-electron chi connectivity index (χ4n) is 3.14. The zero-order valence-corrected chi connectivity index (χ0v) is 18.1. The number of nitrogens with zero attached hydrogens (tertiary/aromatic N) is 3. The first kappa shape index (κ1) is 21.2. The summed E-state index contributed by atoms with van der Waals surface area (Å²) in [4.78, 5) is 31.1. The Morgan fingerprint density at radius 2 is 2.07 bits per heavy atom. The van der Waals surface area contributed by atoms with Gasteiger partial charge in [0.05, 0.1) is 15.8 Å². The average molecular weight is 441 g/mol. The Morgan fingerprint density at radius 1 is 1.29 bits per heavy atom. The number of thioether (sulfide) groups is 1. The number of anilines is 1. The predicted octanol–water partition coefficient (Wildman–Crippen LogP) is 3.33. The van der Waals surface area contributed by atoms with Crippen molar-refractivity contribution in [3.05, 3.63) is 50.0 Å². The van der Waals surface area contributed by atoms with Crippen LogP contribution in [0.1, 0.15) is 17.7 Å². The molecule has 0 saturated carbocycles. The van der Waals surface area contributed by atoms with Crippen molar-refractivity contribution in [1.82, 2.24) is 14.5 Å². The van der Waals surface area contributed by atoms with Crippen LogP contribution in [0.5, 0.6) is 0 Å². The maximum Gasteiger partial charge on any atom is 0.348 e. The molecule has 6 nitrogen and oxygen atoms in total. The molecule has 1 amide bonds. The predicted molar refractivity (Wildman–Crippen MR) is 115 cm³/mol. The summed E-state index contributed by atoms with van der Waals surface area (Å²) >= 11 is 13.2. The van der Waals surface area contributed by atoms with Gasteiger partial charge in [0.1, 0.15) is 5.03 Å². The molecule has 0 atom stereocenters. The lowest BCUT2D eigenvalue weighted by Gasteiger charge is -2.16. The molecule has 0 saturated heterocycles. The third-order valence-corrected chi connectivity index (χ3v) is 6.27. The van der Waals surface area contributed by atoms with E-state index in [0.717, 1.165) is 37.1 Å². The SMILES string of the molecule is CN(C)CCn1c2c(c(SCC(=O)Nc3ccc(Cl)c(Cl)c3)nc1=O)CCC2. The van der Waals surface area contributed by atoms with Crippen molar-refractivity contribution in [2.75, 3.05) is 31.7 Å². The van der Waals surface area contributed by atoms with Crippen LogP contribution in [-0.2, 0) is 24.2 Å². The van der Waals surface area contributed by atoms with Crippen molar-refractivity contribution < 1.29 is 4.79 Å². The average Bonchev–Trinajstić information content (AvgIpc) is 3.11. The van der Waals surface area contributed by atoms with Gasteiger partial charge in [0.15, 0.2) is 0 Å². The van der Waals surface area contributed by atoms with Gasteiger partial charge in [-0.05, 0) is 51.6 Å². The van der Waals surface area contributed by atoms with Crippen LogP contribution in [-0.4, -0.2) is 46.8 Å². The molecule has 0 unspecified atom stereocenters. The van der Waals surface area contributed by atoms with Crippen molar-refractivity contribution in [1.29, 1.82) is 0 Å². The number of nitrogens with one attached hydrogen (secondary N) is 1. The van der Waals surface area contributed by atoms with Crippen LogP contribution >= 0.6 is 35.0 Å². The van der Waals surface area contributed by atoms with Crippen molar-refractivity contribution in [3.63, 3.8) is 0 Å². The molecule has 9 heteroatoms. The maximum absolute atomic E-state index is 12.5. The quantitative estimate of drug-likeness (QED) is 0.528. The smallest absolute Gasteiger partial charge is 0.325 e. The number of hydrogen-bond donors (Lipinski definition) is 1. The zero-order valence-electron chi connectivity index (χ0n) is 15.8. The number of amides is 1. The minimum absolute atomic E-state index is 0.167. The topological polar surface area (TPSA) is 67.2 Å². The van der Waals surface area contributed by atoms with E-state index in [1.54, 1.807) is 22.8 Å². The molecular formula is C19H22Cl2N4O2S. The fourth-order valence-corrected chi connectivity index (χ4v) is 4.32. The number of rotatable bonds is 7. The van der Waals surface area contributed by atoms with E-state index in [9.17, 15) is 9.59 Å². The summed E-state index contributed by atoms with van der Waals surface area (Å²) in [5, 5.41) is 4.27. The van der Waals surface area contributed by atoms with Gasteiger partial charge < -0.3 is 10.2 Å². The number of hydrogen-bond acceptors (Lipinski definition) is 5. The Labute approximate surface area is 178 Å². The second-order valence-electron chi connectivity index (χ2n) is 6.90. The van der Waals surface area contributed by atoms with E-state index in [1.807, 2.05) is 19.0 Å². The highest BCUT2D eigenvalue weighted by atomic mass is 35.5. The van der Waals surface area contributed by atoms with Gasteiger partial charge in [0.25, 0.3) is 0 Å². The monoisotopic (exact) mass is 440 g/mol. The fraction of sp³-hybridized carbons (Fsp3) is 0.421. The first-order chi connectivity index (χ1) is 13.3. The highest BCUT2D eigenvalue weighted by Gasteiger charge is 2.22. The lowest BCUT2D eigenvalue weighted by atomic mass is 10.2. The van der Waals surface area contributed by atoms with Gasteiger partial charge in [-0.3, -0.25) is 9.36 Å². The first-order valence-corrected chi connectivity index (χ1v) is 10.7. The standard InChI is InChI=1S/C19H22Cl2N4O2S/c1-24(2)8-9-25-16-5-3-4-13(16)18(23-19(25)27)28-11-17(26)22-12-6-7-14(20)15(21)10-12/h6-7,10H,3-5,8-9,11H2,1-2H3,(H,22,26). The van der Waals surface area contributed by atoms with E-state index in [0.29, 0.717) is 27.3 Å². The van der Waals surface area contributed by atoms with Gasteiger partial charge in [-0.15, -0.1) is 0 Å². The number of halogens is 2. The van der Waals surface area contributed by atoms with Crippen LogP contribution < -0.4 is 11.0 Å². The van der Waals surface area contributed by atoms with E-state index in [1.165, 1.54) is 11.8 Å². The Balaban J connectivity index is 1.70. The highest BCUT2D eigenvalue weighted by Crippen LogP contribution is 2.29. The summed E-state index contributed by atoms with van der Waals surface area (Å²) in [6, 6.07) is 4.93. The van der Waals surface area contributed by atoms with Crippen LogP contribution in [0.25, 0.3) is 0 Å². The molecule has 1 heterocycles. The molecule has 0 spiro atoms. The molecule has 0 radical (unpaired) electrons. The summed E-state index contributed by atoms with van der Waals surface area (Å²) in [7, 11) is 3.96.